The molecule has 0 bridgehead atoms. The number of aromatic nitrogens is 2. The van der Waals surface area contributed by atoms with Crippen molar-refractivity contribution in [1.29, 1.82) is 0 Å². The molecule has 1 aromatic heterocycles. The zero-order chi connectivity index (χ0) is 14.7. The maximum absolute atomic E-state index is 12.4. The number of hydrogen-bond donors (Lipinski definition) is 1. The molecule has 0 aliphatic rings. The van der Waals surface area contributed by atoms with Crippen molar-refractivity contribution < 1.29 is 4.55 Å². The van der Waals surface area contributed by atoms with Gasteiger partial charge in [0.25, 0.3) is 0 Å². The van der Waals surface area contributed by atoms with E-state index in [0.29, 0.717) is 5.82 Å². The summed E-state index contributed by atoms with van der Waals surface area (Å²) in [6.07, 6.45) is 5.02. The van der Waals surface area contributed by atoms with Crippen molar-refractivity contribution in [2.45, 2.75) is 57.7 Å². The smallest absolute Gasteiger partial charge is 0.152 e. The number of hydrogen-bond acceptors (Lipinski definition) is 4. The highest BCUT2D eigenvalue weighted by Gasteiger charge is 2.40. The molecule has 1 rings (SSSR count). The van der Waals surface area contributed by atoms with Crippen LogP contribution in [0.5, 0.6) is 0 Å². The van der Waals surface area contributed by atoms with Crippen LogP contribution in [0.15, 0.2) is 16.9 Å². The minimum Gasteiger partial charge on any atom is -0.598 e. The predicted molar refractivity (Wildman–Crippen MR) is 83.0 cm³/mol. The largest absolute Gasteiger partial charge is 0.598 e. The number of nitrogens with zero attached hydrogens (tertiary/aromatic N) is 2. The molecule has 1 heterocycles. The molecule has 0 saturated carbocycles. The van der Waals surface area contributed by atoms with E-state index in [9.17, 15) is 4.55 Å². The lowest BCUT2D eigenvalue weighted by atomic mass is 9.93. The monoisotopic (exact) mass is 347 g/mol. The fraction of sp³-hybridized carbons (Fsp3) is 0.692. The van der Waals surface area contributed by atoms with Gasteiger partial charge in [-0.25, -0.2) is 9.97 Å². The molecule has 108 valence electrons. The summed E-state index contributed by atoms with van der Waals surface area (Å²) in [5.74, 6) is 0.693. The van der Waals surface area contributed by atoms with Gasteiger partial charge in [0.2, 0.25) is 0 Å². The molecular formula is C13H22BrN3OS. The molecular weight excluding hydrogens is 326 g/mol. The second-order valence-corrected chi connectivity index (χ2v) is 8.38. The predicted octanol–water partition coefficient (Wildman–Crippen LogP) is 3.31. The van der Waals surface area contributed by atoms with Gasteiger partial charge in [-0.3, -0.25) is 0 Å². The first-order chi connectivity index (χ1) is 8.75. The third-order valence-corrected chi connectivity index (χ3v) is 5.20. The molecule has 4 nitrogen and oxygen atoms in total. The Morgan fingerprint density at radius 3 is 2.05 bits per heavy atom. The molecule has 19 heavy (non-hydrogen) atoms. The normalized spacial score (nSPS) is 14.5. The summed E-state index contributed by atoms with van der Waals surface area (Å²) in [5.41, 5.74) is -0.446. The van der Waals surface area contributed by atoms with Crippen molar-refractivity contribution in [1.82, 2.24) is 14.7 Å². The highest BCUT2D eigenvalue weighted by Crippen LogP contribution is 2.29. The zero-order valence-corrected chi connectivity index (χ0v) is 14.6. The van der Waals surface area contributed by atoms with Crippen molar-refractivity contribution >= 4 is 27.3 Å². The summed E-state index contributed by atoms with van der Waals surface area (Å²) < 4.78 is 16.1. The van der Waals surface area contributed by atoms with Crippen molar-refractivity contribution in [3.8, 4) is 0 Å². The van der Waals surface area contributed by atoms with Crippen LogP contribution in [0.25, 0.3) is 0 Å². The van der Waals surface area contributed by atoms with E-state index < -0.39 is 16.9 Å². The molecule has 0 amide bonds. The van der Waals surface area contributed by atoms with E-state index in [1.54, 1.807) is 12.4 Å². The van der Waals surface area contributed by atoms with Gasteiger partial charge >= 0.3 is 0 Å². The van der Waals surface area contributed by atoms with Gasteiger partial charge in [-0.05, 0) is 49.5 Å². The summed E-state index contributed by atoms with van der Waals surface area (Å²) in [4.78, 5) is 8.75. The molecule has 0 aromatic carbocycles. The van der Waals surface area contributed by atoms with Gasteiger partial charge in [0.1, 0.15) is 10.3 Å². The van der Waals surface area contributed by atoms with Crippen LogP contribution in [0.4, 0.5) is 0 Å². The topological polar surface area (TPSA) is 60.9 Å². The van der Waals surface area contributed by atoms with Crippen molar-refractivity contribution in [2.24, 2.45) is 0 Å². The summed E-state index contributed by atoms with van der Waals surface area (Å²) in [5, 5.41) is 0. The lowest BCUT2D eigenvalue weighted by molar-refractivity contribution is 0.339. The fourth-order valence-corrected chi connectivity index (χ4v) is 2.89. The Morgan fingerprint density at radius 1 is 1.21 bits per heavy atom. The van der Waals surface area contributed by atoms with E-state index >= 15 is 0 Å². The first-order valence-electron chi connectivity index (χ1n) is 6.43. The van der Waals surface area contributed by atoms with Gasteiger partial charge in [0.05, 0.1) is 4.47 Å². The van der Waals surface area contributed by atoms with E-state index in [2.05, 4.69) is 44.5 Å². The lowest BCUT2D eigenvalue weighted by Crippen LogP contribution is -2.51. The third kappa shape index (κ3) is 4.15. The Bertz CT molecular complexity index is 401. The van der Waals surface area contributed by atoms with E-state index in [1.807, 2.05) is 20.8 Å². The minimum absolute atomic E-state index is 0.315. The lowest BCUT2D eigenvalue weighted by Gasteiger charge is -2.35. The van der Waals surface area contributed by atoms with Crippen LogP contribution in [0, 0.1) is 0 Å². The molecule has 1 atom stereocenters. The Balaban J connectivity index is 3.07. The van der Waals surface area contributed by atoms with Gasteiger partial charge in [-0.1, -0.05) is 13.8 Å². The highest BCUT2D eigenvalue weighted by molar-refractivity contribution is 9.10. The minimum atomic E-state index is -1.15. The Kier molecular flexibility index (Phi) is 5.79. The van der Waals surface area contributed by atoms with Crippen LogP contribution in [0.3, 0.4) is 0 Å². The molecule has 0 radical (unpaired) electrons. The quantitative estimate of drug-likeness (QED) is 0.830. The maximum atomic E-state index is 12.4. The van der Waals surface area contributed by atoms with Gasteiger partial charge in [0, 0.05) is 23.8 Å². The summed E-state index contributed by atoms with van der Waals surface area (Å²) in [7, 11) is 0. The molecule has 0 fully saturated rings. The second kappa shape index (κ2) is 6.52. The average molecular weight is 348 g/mol. The van der Waals surface area contributed by atoms with Gasteiger partial charge in [-0.2, -0.15) is 0 Å². The Labute approximate surface area is 127 Å². The highest BCUT2D eigenvalue weighted by atomic mass is 79.9. The van der Waals surface area contributed by atoms with Gasteiger partial charge in [0.15, 0.2) is 5.82 Å². The van der Waals surface area contributed by atoms with E-state index in [0.717, 1.165) is 17.3 Å². The van der Waals surface area contributed by atoms with Crippen LogP contribution in [0.2, 0.25) is 0 Å². The van der Waals surface area contributed by atoms with E-state index in [-0.39, 0.29) is 4.75 Å². The maximum Gasteiger partial charge on any atom is 0.152 e. The second-order valence-electron chi connectivity index (χ2n) is 5.50. The van der Waals surface area contributed by atoms with Crippen molar-refractivity contribution in [3.05, 3.63) is 22.7 Å². The van der Waals surface area contributed by atoms with Crippen LogP contribution < -0.4 is 4.72 Å². The average Bonchev–Trinajstić information content (AvgIpc) is 2.36. The molecule has 6 heteroatoms. The molecule has 0 spiro atoms. The first kappa shape index (κ1) is 16.9. The Hall–Kier alpha value is -0.170. The van der Waals surface area contributed by atoms with Gasteiger partial charge < -0.3 is 4.55 Å². The molecule has 1 aromatic rings. The summed E-state index contributed by atoms with van der Waals surface area (Å²) in [6.45, 7) is 9.97. The van der Waals surface area contributed by atoms with Crippen molar-refractivity contribution in [2.75, 3.05) is 0 Å². The van der Waals surface area contributed by atoms with Crippen molar-refractivity contribution in [3.63, 3.8) is 0 Å². The van der Waals surface area contributed by atoms with Crippen LogP contribution in [-0.4, -0.2) is 19.3 Å². The fourth-order valence-electron chi connectivity index (χ4n) is 1.65. The van der Waals surface area contributed by atoms with Gasteiger partial charge in [-0.15, -0.1) is 4.72 Å². The summed E-state index contributed by atoms with van der Waals surface area (Å²) in [6, 6.07) is 0. The first-order valence-corrected chi connectivity index (χ1v) is 8.37. The Morgan fingerprint density at radius 2 is 1.68 bits per heavy atom. The van der Waals surface area contributed by atoms with E-state index in [4.69, 9.17) is 0 Å². The zero-order valence-electron chi connectivity index (χ0n) is 12.2. The molecule has 1 unspecified atom stereocenters. The van der Waals surface area contributed by atoms with Crippen LogP contribution >= 0.6 is 15.9 Å². The van der Waals surface area contributed by atoms with Crippen LogP contribution in [0.1, 0.15) is 53.3 Å². The standard InChI is InChI=1S/C13H22BrN3OS/c1-6-13(7-2,17-19(18)12(3,4)5)11-15-8-10(14)9-16-11/h8-9,17H,6-7H2,1-5H3. The summed E-state index contributed by atoms with van der Waals surface area (Å²) >= 11 is 2.18. The molecule has 0 aliphatic carbocycles. The molecule has 0 saturated heterocycles. The molecule has 1 N–H and O–H groups in total. The third-order valence-electron chi connectivity index (χ3n) is 3.10. The van der Waals surface area contributed by atoms with Crippen LogP contribution in [-0.2, 0) is 16.9 Å². The SMILES string of the molecule is CCC(CC)(N[S+]([O-])C(C)(C)C)c1ncc(Br)cn1. The number of rotatable bonds is 5. The molecule has 0 aliphatic heterocycles. The number of halogens is 1. The van der Waals surface area contributed by atoms with E-state index in [1.165, 1.54) is 0 Å². The number of nitrogens with one attached hydrogen (secondary N) is 1.